The molecule has 0 bridgehead atoms. The summed E-state index contributed by atoms with van der Waals surface area (Å²) in [6, 6.07) is 4.52. The van der Waals surface area contributed by atoms with Gasteiger partial charge in [-0.2, -0.15) is 5.10 Å². The van der Waals surface area contributed by atoms with Gasteiger partial charge in [0.1, 0.15) is 28.4 Å². The van der Waals surface area contributed by atoms with Gasteiger partial charge in [0.2, 0.25) is 0 Å². The van der Waals surface area contributed by atoms with Crippen molar-refractivity contribution in [1.29, 1.82) is 0 Å². The predicted octanol–water partition coefficient (Wildman–Crippen LogP) is 3.51. The average Bonchev–Trinajstić information content (AvgIpc) is 3.32. The second kappa shape index (κ2) is 9.13. The van der Waals surface area contributed by atoms with Crippen molar-refractivity contribution in [1.82, 2.24) is 14.8 Å². The van der Waals surface area contributed by atoms with Crippen LogP contribution in [0.3, 0.4) is 0 Å². The molecule has 2 aromatic heterocycles. The Kier molecular flexibility index (Phi) is 6.30. The van der Waals surface area contributed by atoms with Gasteiger partial charge in [0, 0.05) is 30.6 Å². The van der Waals surface area contributed by atoms with E-state index in [2.05, 4.69) is 15.4 Å². The number of amides is 1. The SMILES string of the molecule is COc1ccc(F)c(-c2nc(C(=O)Nc3cnn(C)c3C3CCC(N)CCO3)cs2)c1. The van der Waals surface area contributed by atoms with Crippen LogP contribution >= 0.6 is 11.3 Å². The number of anilines is 1. The highest BCUT2D eigenvalue weighted by Gasteiger charge is 2.26. The molecule has 1 fully saturated rings. The summed E-state index contributed by atoms with van der Waals surface area (Å²) in [7, 11) is 3.32. The minimum Gasteiger partial charge on any atom is -0.497 e. The van der Waals surface area contributed by atoms with Crippen molar-refractivity contribution >= 4 is 22.9 Å². The van der Waals surface area contributed by atoms with Gasteiger partial charge in [0.15, 0.2) is 0 Å². The van der Waals surface area contributed by atoms with E-state index in [0.717, 1.165) is 25.0 Å². The fraction of sp³-hybridized carbons (Fsp3) is 0.381. The summed E-state index contributed by atoms with van der Waals surface area (Å²) in [4.78, 5) is 17.2. The van der Waals surface area contributed by atoms with Crippen molar-refractivity contribution in [2.45, 2.75) is 31.4 Å². The minimum atomic E-state index is -0.430. The zero-order valence-electron chi connectivity index (χ0n) is 17.3. The first-order valence-electron chi connectivity index (χ1n) is 9.96. The van der Waals surface area contributed by atoms with Crippen LogP contribution in [0.25, 0.3) is 10.6 Å². The monoisotopic (exact) mass is 445 g/mol. The van der Waals surface area contributed by atoms with Gasteiger partial charge in [-0.1, -0.05) is 0 Å². The number of carbonyl (C=O) groups excluding carboxylic acids is 1. The number of benzene rings is 1. The lowest BCUT2D eigenvalue weighted by Crippen LogP contribution is -2.19. The zero-order chi connectivity index (χ0) is 22.0. The summed E-state index contributed by atoms with van der Waals surface area (Å²) in [6.45, 7) is 0.561. The molecule has 1 amide bonds. The van der Waals surface area contributed by atoms with Crippen LogP contribution in [0, 0.1) is 5.82 Å². The molecular weight excluding hydrogens is 421 g/mol. The van der Waals surface area contributed by atoms with Crippen molar-refractivity contribution in [2.75, 3.05) is 19.0 Å². The summed E-state index contributed by atoms with van der Waals surface area (Å²) in [5.41, 5.74) is 7.88. The molecule has 8 nitrogen and oxygen atoms in total. The molecule has 164 valence electrons. The Morgan fingerprint density at radius 3 is 3.03 bits per heavy atom. The topological polar surface area (TPSA) is 104 Å². The molecule has 4 rings (SSSR count). The maximum Gasteiger partial charge on any atom is 0.275 e. The van der Waals surface area contributed by atoms with Crippen LogP contribution in [0.5, 0.6) is 5.75 Å². The number of thiazole rings is 1. The van der Waals surface area contributed by atoms with E-state index in [4.69, 9.17) is 15.2 Å². The maximum absolute atomic E-state index is 14.2. The van der Waals surface area contributed by atoms with Gasteiger partial charge in [-0.15, -0.1) is 11.3 Å². The second-order valence-corrected chi connectivity index (χ2v) is 8.25. The third-order valence-electron chi connectivity index (χ3n) is 5.29. The van der Waals surface area contributed by atoms with Crippen molar-refractivity contribution < 1.29 is 18.7 Å². The molecule has 3 heterocycles. The Morgan fingerprint density at radius 2 is 2.23 bits per heavy atom. The molecule has 1 aromatic carbocycles. The van der Waals surface area contributed by atoms with E-state index in [0.29, 0.717) is 23.1 Å². The molecule has 0 saturated carbocycles. The lowest BCUT2D eigenvalue weighted by Gasteiger charge is -2.17. The van der Waals surface area contributed by atoms with E-state index in [1.807, 2.05) is 7.05 Å². The van der Waals surface area contributed by atoms with Gasteiger partial charge in [-0.05, 0) is 37.5 Å². The van der Waals surface area contributed by atoms with E-state index < -0.39 is 11.7 Å². The summed E-state index contributed by atoms with van der Waals surface area (Å²) in [6.07, 6.45) is 3.78. The molecule has 2 unspecified atom stereocenters. The van der Waals surface area contributed by atoms with Crippen molar-refractivity contribution in [3.05, 3.63) is 47.0 Å². The van der Waals surface area contributed by atoms with E-state index in [9.17, 15) is 9.18 Å². The summed E-state index contributed by atoms with van der Waals surface area (Å²) in [5, 5.41) is 9.15. The zero-order valence-corrected chi connectivity index (χ0v) is 18.1. The number of carbonyl (C=O) groups is 1. The molecule has 10 heteroatoms. The molecule has 1 saturated heterocycles. The maximum atomic E-state index is 14.2. The first-order valence-corrected chi connectivity index (χ1v) is 10.8. The number of halogens is 1. The third kappa shape index (κ3) is 4.60. The molecule has 0 spiro atoms. The van der Waals surface area contributed by atoms with Crippen LogP contribution in [0.4, 0.5) is 10.1 Å². The number of rotatable bonds is 5. The van der Waals surface area contributed by atoms with Gasteiger partial charge in [-0.3, -0.25) is 9.48 Å². The molecule has 3 N–H and O–H groups in total. The Morgan fingerprint density at radius 1 is 1.39 bits per heavy atom. The third-order valence-corrected chi connectivity index (χ3v) is 6.16. The van der Waals surface area contributed by atoms with Crippen molar-refractivity contribution in [3.8, 4) is 16.3 Å². The summed E-state index contributed by atoms with van der Waals surface area (Å²) < 4.78 is 27.1. The van der Waals surface area contributed by atoms with E-state index in [1.54, 1.807) is 22.3 Å². The summed E-state index contributed by atoms with van der Waals surface area (Å²) >= 11 is 1.19. The predicted molar refractivity (Wildman–Crippen MR) is 116 cm³/mol. The smallest absolute Gasteiger partial charge is 0.275 e. The lowest BCUT2D eigenvalue weighted by atomic mass is 10.1. The highest BCUT2D eigenvalue weighted by Crippen LogP contribution is 2.33. The first kappa shape index (κ1) is 21.4. The normalized spacial score (nSPS) is 19.1. The van der Waals surface area contributed by atoms with Crippen LogP contribution in [-0.4, -0.2) is 40.4 Å². The first-order chi connectivity index (χ1) is 15.0. The Hall–Kier alpha value is -2.82. The largest absolute Gasteiger partial charge is 0.497 e. The van der Waals surface area contributed by atoms with Crippen LogP contribution in [-0.2, 0) is 11.8 Å². The minimum absolute atomic E-state index is 0.113. The number of ether oxygens (including phenoxy) is 2. The molecule has 0 radical (unpaired) electrons. The van der Waals surface area contributed by atoms with Gasteiger partial charge in [0.25, 0.3) is 5.91 Å². The number of nitrogens with two attached hydrogens (primary N) is 1. The Labute approximate surface area is 183 Å². The number of hydrogen-bond donors (Lipinski definition) is 2. The van der Waals surface area contributed by atoms with Gasteiger partial charge in [0.05, 0.1) is 24.7 Å². The number of nitrogens with zero attached hydrogens (tertiary/aromatic N) is 3. The molecule has 2 atom stereocenters. The fourth-order valence-corrected chi connectivity index (χ4v) is 4.40. The number of nitrogens with one attached hydrogen (secondary N) is 1. The lowest BCUT2D eigenvalue weighted by molar-refractivity contribution is 0.0529. The molecular formula is C21H24FN5O3S. The number of hydrogen-bond acceptors (Lipinski definition) is 7. The highest BCUT2D eigenvalue weighted by molar-refractivity contribution is 7.13. The molecule has 31 heavy (non-hydrogen) atoms. The number of aryl methyl sites for hydroxylation is 1. The van der Waals surface area contributed by atoms with Crippen molar-refractivity contribution in [2.24, 2.45) is 12.8 Å². The van der Waals surface area contributed by atoms with Crippen molar-refractivity contribution in [3.63, 3.8) is 0 Å². The Bertz CT molecular complexity index is 1080. The Balaban J connectivity index is 1.54. The number of methoxy groups -OCH3 is 1. The van der Waals surface area contributed by atoms with Crippen LogP contribution in [0.15, 0.2) is 29.8 Å². The highest BCUT2D eigenvalue weighted by atomic mass is 32.1. The van der Waals surface area contributed by atoms with E-state index in [-0.39, 0.29) is 23.4 Å². The fourth-order valence-electron chi connectivity index (χ4n) is 3.58. The average molecular weight is 446 g/mol. The molecule has 0 aliphatic carbocycles. The van der Waals surface area contributed by atoms with Crippen LogP contribution in [0.1, 0.15) is 41.5 Å². The van der Waals surface area contributed by atoms with Crippen LogP contribution in [0.2, 0.25) is 0 Å². The van der Waals surface area contributed by atoms with E-state index >= 15 is 0 Å². The summed E-state index contributed by atoms with van der Waals surface area (Å²) in [5.74, 6) is -0.313. The standard InChI is InChI=1S/C21H24FN5O3S/c1-27-19(18-6-3-12(23)7-8-30-18)16(10-24-27)25-20(28)17-11-31-21(26-17)14-9-13(29-2)4-5-15(14)22/h4-5,9-12,18H,3,6-8,23H2,1-2H3,(H,25,28). The molecule has 3 aromatic rings. The van der Waals surface area contributed by atoms with Crippen LogP contribution < -0.4 is 15.8 Å². The quantitative estimate of drug-likeness (QED) is 0.623. The number of aromatic nitrogens is 3. The van der Waals surface area contributed by atoms with E-state index in [1.165, 1.54) is 30.6 Å². The van der Waals surface area contributed by atoms with Gasteiger partial charge in [-0.25, -0.2) is 9.37 Å². The van der Waals surface area contributed by atoms with Gasteiger partial charge >= 0.3 is 0 Å². The molecule has 1 aliphatic heterocycles. The van der Waals surface area contributed by atoms with Gasteiger partial charge < -0.3 is 20.5 Å². The molecule has 1 aliphatic rings. The second-order valence-electron chi connectivity index (χ2n) is 7.39.